The molecule has 100 valence electrons. The number of nitrogens with one attached hydrogen (secondary N) is 1. The number of alkyl carbamates (subject to hydrolysis) is 1. The molecule has 0 saturated heterocycles. The smallest absolute Gasteiger partial charge is 0.408 e. The Morgan fingerprint density at radius 2 is 2.00 bits per heavy atom. The molecule has 2 N–H and O–H groups in total. The molecule has 0 saturated carbocycles. The first-order valence-corrected chi connectivity index (χ1v) is 6.01. The predicted molar refractivity (Wildman–Crippen MR) is 68.8 cm³/mol. The monoisotopic (exact) mass is 243 g/mol. The minimum absolute atomic E-state index is 0.0232. The highest BCUT2D eigenvalue weighted by atomic mass is 16.6. The van der Waals surface area contributed by atoms with Crippen molar-refractivity contribution in [3.63, 3.8) is 0 Å². The second-order valence-electron chi connectivity index (χ2n) is 5.49. The number of amides is 1. The summed E-state index contributed by atoms with van der Waals surface area (Å²) in [7, 11) is 0. The van der Waals surface area contributed by atoms with Crippen LogP contribution in [0, 0.1) is 5.92 Å². The highest BCUT2D eigenvalue weighted by Gasteiger charge is 2.18. The Kier molecular flexibility index (Phi) is 6.88. The van der Waals surface area contributed by atoms with Gasteiger partial charge in [0.25, 0.3) is 0 Å². The second kappa shape index (κ2) is 7.33. The Labute approximate surface area is 104 Å². The predicted octanol–water partition coefficient (Wildman–Crippen LogP) is 2.47. The SMILES string of the molecule is CC(C)CC(/C=C\CO)NC(=O)OC(C)(C)C. The maximum absolute atomic E-state index is 11.6. The molecule has 0 aromatic rings. The van der Waals surface area contributed by atoms with Crippen LogP contribution < -0.4 is 5.32 Å². The molecule has 0 aliphatic carbocycles. The zero-order valence-electron chi connectivity index (χ0n) is 11.5. The fourth-order valence-corrected chi connectivity index (χ4v) is 1.38. The molecule has 0 aromatic heterocycles. The summed E-state index contributed by atoms with van der Waals surface area (Å²) in [6.45, 7) is 9.62. The molecular weight excluding hydrogens is 218 g/mol. The maximum atomic E-state index is 11.6. The summed E-state index contributed by atoms with van der Waals surface area (Å²) in [6.07, 6.45) is 3.81. The molecule has 4 nitrogen and oxygen atoms in total. The van der Waals surface area contributed by atoms with Crippen LogP contribution >= 0.6 is 0 Å². The number of hydrogen-bond acceptors (Lipinski definition) is 3. The number of ether oxygens (including phenoxy) is 1. The molecule has 0 bridgehead atoms. The highest BCUT2D eigenvalue weighted by Crippen LogP contribution is 2.09. The van der Waals surface area contributed by atoms with E-state index in [-0.39, 0.29) is 12.6 Å². The lowest BCUT2D eigenvalue weighted by Crippen LogP contribution is -2.38. The zero-order chi connectivity index (χ0) is 13.5. The molecule has 0 fully saturated rings. The summed E-state index contributed by atoms with van der Waals surface area (Å²) >= 11 is 0. The molecule has 4 heteroatoms. The van der Waals surface area contributed by atoms with Gasteiger partial charge in [0.2, 0.25) is 0 Å². The van der Waals surface area contributed by atoms with E-state index >= 15 is 0 Å². The van der Waals surface area contributed by atoms with Crippen molar-refractivity contribution in [2.75, 3.05) is 6.61 Å². The number of hydrogen-bond donors (Lipinski definition) is 2. The van der Waals surface area contributed by atoms with E-state index in [0.717, 1.165) is 6.42 Å². The van der Waals surface area contributed by atoms with Gasteiger partial charge in [0.1, 0.15) is 5.60 Å². The lowest BCUT2D eigenvalue weighted by atomic mass is 10.0. The molecule has 0 aliphatic heterocycles. The Morgan fingerprint density at radius 3 is 2.41 bits per heavy atom. The number of aliphatic hydroxyl groups is 1. The van der Waals surface area contributed by atoms with Crippen molar-refractivity contribution in [1.82, 2.24) is 5.32 Å². The average molecular weight is 243 g/mol. The van der Waals surface area contributed by atoms with Crippen molar-refractivity contribution >= 4 is 6.09 Å². The van der Waals surface area contributed by atoms with E-state index in [0.29, 0.717) is 5.92 Å². The lowest BCUT2D eigenvalue weighted by molar-refractivity contribution is 0.0510. The molecule has 0 aromatic carbocycles. The van der Waals surface area contributed by atoms with Crippen molar-refractivity contribution in [2.45, 2.75) is 52.7 Å². The number of carbonyl (C=O) groups is 1. The molecule has 1 atom stereocenters. The van der Waals surface area contributed by atoms with Crippen molar-refractivity contribution in [3.05, 3.63) is 12.2 Å². The summed E-state index contributed by atoms with van der Waals surface area (Å²) < 4.78 is 5.18. The van der Waals surface area contributed by atoms with Gasteiger partial charge in [-0.3, -0.25) is 0 Å². The van der Waals surface area contributed by atoms with E-state index in [2.05, 4.69) is 19.2 Å². The van der Waals surface area contributed by atoms with Crippen LogP contribution in [0.3, 0.4) is 0 Å². The van der Waals surface area contributed by atoms with Crippen molar-refractivity contribution in [1.29, 1.82) is 0 Å². The van der Waals surface area contributed by atoms with E-state index in [9.17, 15) is 4.79 Å². The molecular formula is C13H25NO3. The van der Waals surface area contributed by atoms with E-state index < -0.39 is 11.7 Å². The number of carbonyl (C=O) groups excluding carboxylic acids is 1. The molecule has 0 heterocycles. The summed E-state index contributed by atoms with van der Waals surface area (Å²) in [5.74, 6) is 0.457. The van der Waals surface area contributed by atoms with Crippen LogP contribution in [0.15, 0.2) is 12.2 Å². The fourth-order valence-electron chi connectivity index (χ4n) is 1.38. The normalized spacial score (nSPS) is 14.1. The average Bonchev–Trinajstić information content (AvgIpc) is 2.09. The molecule has 0 aliphatic rings. The van der Waals surface area contributed by atoms with Crippen LogP contribution in [-0.4, -0.2) is 29.4 Å². The topological polar surface area (TPSA) is 58.6 Å². The minimum atomic E-state index is -0.493. The first kappa shape index (κ1) is 16.0. The van der Waals surface area contributed by atoms with Crippen LogP contribution in [0.1, 0.15) is 41.0 Å². The Hall–Kier alpha value is -1.03. The summed E-state index contributed by atoms with van der Waals surface area (Å²) in [5, 5.41) is 11.5. The molecule has 0 radical (unpaired) electrons. The van der Waals surface area contributed by atoms with E-state index in [1.165, 1.54) is 0 Å². The lowest BCUT2D eigenvalue weighted by Gasteiger charge is -2.23. The zero-order valence-corrected chi connectivity index (χ0v) is 11.5. The van der Waals surface area contributed by atoms with Gasteiger partial charge < -0.3 is 15.2 Å². The van der Waals surface area contributed by atoms with Gasteiger partial charge in [-0.05, 0) is 33.1 Å². The summed E-state index contributed by atoms with van der Waals surface area (Å²) in [5.41, 5.74) is -0.493. The molecule has 17 heavy (non-hydrogen) atoms. The Balaban J connectivity index is 4.32. The third-order valence-corrected chi connectivity index (χ3v) is 1.90. The largest absolute Gasteiger partial charge is 0.444 e. The van der Waals surface area contributed by atoms with Crippen LogP contribution in [0.25, 0.3) is 0 Å². The van der Waals surface area contributed by atoms with Gasteiger partial charge >= 0.3 is 6.09 Å². The Bertz CT molecular complexity index is 254. The van der Waals surface area contributed by atoms with Gasteiger partial charge in [-0.25, -0.2) is 4.79 Å². The third-order valence-electron chi connectivity index (χ3n) is 1.90. The highest BCUT2D eigenvalue weighted by molar-refractivity contribution is 5.68. The van der Waals surface area contributed by atoms with E-state index in [4.69, 9.17) is 9.84 Å². The van der Waals surface area contributed by atoms with Crippen LogP contribution in [0.2, 0.25) is 0 Å². The van der Waals surface area contributed by atoms with Crippen molar-refractivity contribution in [2.24, 2.45) is 5.92 Å². The summed E-state index contributed by atoms with van der Waals surface area (Å²) in [4.78, 5) is 11.6. The Morgan fingerprint density at radius 1 is 1.41 bits per heavy atom. The molecule has 1 amide bonds. The third kappa shape index (κ3) is 9.87. The van der Waals surface area contributed by atoms with Gasteiger partial charge in [0, 0.05) is 0 Å². The van der Waals surface area contributed by atoms with Gasteiger partial charge in [-0.15, -0.1) is 0 Å². The van der Waals surface area contributed by atoms with E-state index in [1.807, 2.05) is 20.8 Å². The fraction of sp³-hybridized carbons (Fsp3) is 0.769. The second-order valence-corrected chi connectivity index (χ2v) is 5.49. The maximum Gasteiger partial charge on any atom is 0.408 e. The van der Waals surface area contributed by atoms with Crippen molar-refractivity contribution < 1.29 is 14.6 Å². The van der Waals surface area contributed by atoms with Gasteiger partial charge in [-0.1, -0.05) is 26.0 Å². The van der Waals surface area contributed by atoms with Crippen LogP contribution in [-0.2, 0) is 4.74 Å². The standard InChI is InChI=1S/C13H25NO3/c1-10(2)9-11(7-6-8-15)14-12(16)17-13(3,4)5/h6-7,10-11,15H,8-9H2,1-5H3,(H,14,16)/b7-6-. The number of aliphatic hydroxyl groups excluding tert-OH is 1. The van der Waals surface area contributed by atoms with Crippen LogP contribution in [0.4, 0.5) is 4.79 Å². The van der Waals surface area contributed by atoms with E-state index in [1.54, 1.807) is 12.2 Å². The molecule has 0 spiro atoms. The van der Waals surface area contributed by atoms with Gasteiger partial charge in [0.15, 0.2) is 0 Å². The minimum Gasteiger partial charge on any atom is -0.444 e. The van der Waals surface area contributed by atoms with Gasteiger partial charge in [-0.2, -0.15) is 0 Å². The van der Waals surface area contributed by atoms with Gasteiger partial charge in [0.05, 0.1) is 12.6 Å². The first-order valence-electron chi connectivity index (χ1n) is 6.01. The first-order chi connectivity index (χ1) is 7.74. The molecule has 1 unspecified atom stereocenters. The van der Waals surface area contributed by atoms with Crippen molar-refractivity contribution in [3.8, 4) is 0 Å². The number of rotatable bonds is 5. The van der Waals surface area contributed by atoms with Crippen LogP contribution in [0.5, 0.6) is 0 Å². The molecule has 0 rings (SSSR count). The quantitative estimate of drug-likeness (QED) is 0.729. The summed E-state index contributed by atoms with van der Waals surface area (Å²) in [6, 6.07) is -0.100.